The van der Waals surface area contributed by atoms with E-state index < -0.39 is 29.6 Å². The molecule has 0 atom stereocenters. The van der Waals surface area contributed by atoms with Gasteiger partial charge in [-0.2, -0.15) is 5.10 Å². The third-order valence-electron chi connectivity index (χ3n) is 2.23. The molecule has 0 aliphatic heterocycles. The molecule has 0 aromatic carbocycles. The smallest absolute Gasteiger partial charge is 0.357 e. The molecule has 0 saturated heterocycles. The van der Waals surface area contributed by atoms with Crippen molar-refractivity contribution in [3.05, 3.63) is 47.3 Å². The Balaban J connectivity index is 0.000000240. The summed E-state index contributed by atoms with van der Waals surface area (Å²) in [5.74, 6) is -5.33. The second-order valence-corrected chi connectivity index (χ2v) is 3.80. The SMILES string of the molecule is O=C(O)c1ccnnc1C(=O)O.O=C(O)c1cncc(C(=O)O)n1. The van der Waals surface area contributed by atoms with Crippen molar-refractivity contribution in [3.8, 4) is 0 Å². The average molecular weight is 336 g/mol. The molecule has 24 heavy (non-hydrogen) atoms. The molecule has 2 aromatic heterocycles. The molecular weight excluding hydrogens is 328 g/mol. The van der Waals surface area contributed by atoms with Gasteiger partial charge in [-0.25, -0.2) is 24.2 Å². The van der Waals surface area contributed by atoms with Crippen molar-refractivity contribution in [1.82, 2.24) is 20.2 Å². The van der Waals surface area contributed by atoms with Crippen molar-refractivity contribution in [2.24, 2.45) is 0 Å². The summed E-state index contributed by atoms with van der Waals surface area (Å²) in [6.07, 6.45) is 3.08. The van der Waals surface area contributed by atoms with Crippen LogP contribution in [0.4, 0.5) is 0 Å². The molecule has 2 aromatic rings. The summed E-state index contributed by atoms with van der Waals surface area (Å²) < 4.78 is 0. The molecule has 0 spiro atoms. The van der Waals surface area contributed by atoms with Crippen LogP contribution < -0.4 is 0 Å². The zero-order valence-electron chi connectivity index (χ0n) is 11.5. The van der Waals surface area contributed by atoms with E-state index in [1.54, 1.807) is 0 Å². The van der Waals surface area contributed by atoms with Crippen LogP contribution in [0.1, 0.15) is 41.8 Å². The van der Waals surface area contributed by atoms with E-state index in [2.05, 4.69) is 20.2 Å². The molecule has 0 unspecified atom stereocenters. The summed E-state index contributed by atoms with van der Waals surface area (Å²) in [5, 5.41) is 40.1. The van der Waals surface area contributed by atoms with Crippen molar-refractivity contribution in [2.45, 2.75) is 0 Å². The summed E-state index contributed by atoms with van der Waals surface area (Å²) in [6, 6.07) is 1.08. The van der Waals surface area contributed by atoms with E-state index in [4.69, 9.17) is 20.4 Å². The van der Waals surface area contributed by atoms with Crippen LogP contribution in [0, 0.1) is 0 Å². The zero-order chi connectivity index (χ0) is 18.3. The number of carbonyl (C=O) groups is 4. The highest BCUT2D eigenvalue weighted by atomic mass is 16.4. The van der Waals surface area contributed by atoms with Crippen LogP contribution in [-0.4, -0.2) is 64.5 Å². The largest absolute Gasteiger partial charge is 0.478 e. The minimum atomic E-state index is -1.40. The van der Waals surface area contributed by atoms with E-state index >= 15 is 0 Å². The molecular formula is C12H8N4O8. The zero-order valence-corrected chi connectivity index (χ0v) is 11.5. The molecule has 12 heteroatoms. The van der Waals surface area contributed by atoms with Gasteiger partial charge in [-0.15, -0.1) is 5.10 Å². The first-order chi connectivity index (χ1) is 11.2. The molecule has 0 amide bonds. The number of hydrogen-bond donors (Lipinski definition) is 4. The molecule has 0 radical (unpaired) electrons. The van der Waals surface area contributed by atoms with Crippen LogP contribution in [-0.2, 0) is 0 Å². The van der Waals surface area contributed by atoms with Gasteiger partial charge in [0.1, 0.15) is 0 Å². The summed E-state index contributed by atoms with van der Waals surface area (Å²) in [4.78, 5) is 48.0. The minimum Gasteiger partial charge on any atom is -0.478 e. The van der Waals surface area contributed by atoms with E-state index in [-0.39, 0.29) is 17.0 Å². The maximum atomic E-state index is 10.4. The van der Waals surface area contributed by atoms with Crippen molar-refractivity contribution in [3.63, 3.8) is 0 Å². The van der Waals surface area contributed by atoms with E-state index in [9.17, 15) is 19.2 Å². The first kappa shape index (κ1) is 18.1. The number of hydrogen-bond acceptors (Lipinski definition) is 8. The number of nitrogens with zero attached hydrogens (tertiary/aromatic N) is 4. The molecule has 2 heterocycles. The summed E-state index contributed by atoms with van der Waals surface area (Å²) >= 11 is 0. The Kier molecular flexibility index (Phi) is 5.94. The molecule has 0 saturated carbocycles. The summed E-state index contributed by atoms with van der Waals surface area (Å²) in [5.41, 5.74) is -1.67. The normalized spacial score (nSPS) is 9.33. The van der Waals surface area contributed by atoms with Gasteiger partial charge in [0.2, 0.25) is 0 Å². The van der Waals surface area contributed by atoms with Gasteiger partial charge in [0, 0.05) is 0 Å². The predicted molar refractivity (Wildman–Crippen MR) is 71.9 cm³/mol. The van der Waals surface area contributed by atoms with E-state index in [1.165, 1.54) is 0 Å². The highest BCUT2D eigenvalue weighted by molar-refractivity contribution is 5.99. The van der Waals surface area contributed by atoms with Crippen LogP contribution >= 0.6 is 0 Å². The fourth-order valence-corrected chi connectivity index (χ4v) is 1.23. The maximum absolute atomic E-state index is 10.4. The number of carboxylic acid groups (broad SMARTS) is 4. The fourth-order valence-electron chi connectivity index (χ4n) is 1.23. The molecule has 0 fully saturated rings. The standard InChI is InChI=1S/2C6H4N2O4/c9-5(10)3-1-7-2-4(8-3)6(11)12;9-5(10)3-1-2-7-8-4(3)6(11)12/h2*1-2H,(H,9,10)(H,11,12). The van der Waals surface area contributed by atoms with Crippen molar-refractivity contribution in [2.75, 3.05) is 0 Å². The van der Waals surface area contributed by atoms with Gasteiger partial charge in [0.25, 0.3) is 0 Å². The van der Waals surface area contributed by atoms with Crippen LogP contribution in [0.15, 0.2) is 24.7 Å². The molecule has 0 aliphatic carbocycles. The monoisotopic (exact) mass is 336 g/mol. The van der Waals surface area contributed by atoms with Gasteiger partial charge in [-0.3, -0.25) is 4.98 Å². The molecule has 0 bridgehead atoms. The molecule has 0 aliphatic rings. The van der Waals surface area contributed by atoms with Crippen LogP contribution in [0.5, 0.6) is 0 Å². The summed E-state index contributed by atoms with van der Waals surface area (Å²) in [6.45, 7) is 0. The van der Waals surface area contributed by atoms with Crippen molar-refractivity contribution < 1.29 is 39.6 Å². The van der Waals surface area contributed by atoms with E-state index in [1.807, 2.05) is 0 Å². The second kappa shape index (κ2) is 7.88. The van der Waals surface area contributed by atoms with Gasteiger partial charge < -0.3 is 20.4 Å². The van der Waals surface area contributed by atoms with E-state index in [0.717, 1.165) is 24.7 Å². The highest BCUT2D eigenvalue weighted by Gasteiger charge is 2.16. The quantitative estimate of drug-likeness (QED) is 0.570. The summed E-state index contributed by atoms with van der Waals surface area (Å²) in [7, 11) is 0. The lowest BCUT2D eigenvalue weighted by atomic mass is 10.2. The topological polar surface area (TPSA) is 201 Å². The molecule has 124 valence electrons. The maximum Gasteiger partial charge on any atom is 0.357 e. The number of carboxylic acids is 4. The Morgan fingerprint density at radius 1 is 0.792 bits per heavy atom. The second-order valence-electron chi connectivity index (χ2n) is 3.80. The predicted octanol–water partition coefficient (Wildman–Crippen LogP) is -0.254. The van der Waals surface area contributed by atoms with Crippen LogP contribution in [0.3, 0.4) is 0 Å². The highest BCUT2D eigenvalue weighted by Crippen LogP contribution is 2.02. The van der Waals surface area contributed by atoms with Crippen molar-refractivity contribution in [1.29, 1.82) is 0 Å². The lowest BCUT2D eigenvalue weighted by Gasteiger charge is -1.96. The van der Waals surface area contributed by atoms with Crippen molar-refractivity contribution >= 4 is 23.9 Å². The average Bonchev–Trinajstić information content (AvgIpc) is 2.55. The van der Waals surface area contributed by atoms with Gasteiger partial charge in [0.15, 0.2) is 17.1 Å². The number of aromatic nitrogens is 4. The number of rotatable bonds is 4. The molecule has 4 N–H and O–H groups in total. The van der Waals surface area contributed by atoms with Gasteiger partial charge in [0.05, 0.1) is 24.2 Å². The van der Waals surface area contributed by atoms with Gasteiger partial charge in [-0.05, 0) is 6.07 Å². The Morgan fingerprint density at radius 3 is 1.71 bits per heavy atom. The van der Waals surface area contributed by atoms with Gasteiger partial charge >= 0.3 is 23.9 Å². The lowest BCUT2D eigenvalue weighted by molar-refractivity contribution is 0.0645. The number of aromatic carboxylic acids is 4. The Morgan fingerprint density at radius 2 is 1.33 bits per heavy atom. The Bertz CT molecular complexity index is 745. The Labute approximate surface area is 132 Å². The van der Waals surface area contributed by atoms with Crippen LogP contribution in [0.2, 0.25) is 0 Å². The Hall–Kier alpha value is -3.96. The van der Waals surface area contributed by atoms with Crippen LogP contribution in [0.25, 0.3) is 0 Å². The molecule has 12 nitrogen and oxygen atoms in total. The third-order valence-corrected chi connectivity index (χ3v) is 2.23. The molecule has 2 rings (SSSR count). The first-order valence-electron chi connectivity index (χ1n) is 5.81. The lowest BCUT2D eigenvalue weighted by Crippen LogP contribution is -2.10. The third kappa shape index (κ3) is 4.80. The van der Waals surface area contributed by atoms with E-state index in [0.29, 0.717) is 0 Å². The first-order valence-corrected chi connectivity index (χ1v) is 5.81. The van der Waals surface area contributed by atoms with Gasteiger partial charge in [-0.1, -0.05) is 0 Å². The minimum absolute atomic E-state index is 0.363. The fraction of sp³-hybridized carbons (Fsp3) is 0.